The molecule has 2 nitrogen and oxygen atoms in total. The molecule has 1 atom stereocenters. The van der Waals surface area contributed by atoms with Crippen molar-refractivity contribution in [2.24, 2.45) is 5.92 Å². The van der Waals surface area contributed by atoms with Gasteiger partial charge in [0.15, 0.2) is 0 Å². The van der Waals surface area contributed by atoms with Crippen molar-refractivity contribution in [1.29, 1.82) is 0 Å². The largest absolute Gasteiger partial charge is 0.392 e. The van der Waals surface area contributed by atoms with Gasteiger partial charge in [-0.2, -0.15) is 0 Å². The lowest BCUT2D eigenvalue weighted by Crippen LogP contribution is -2.26. The van der Waals surface area contributed by atoms with Crippen LogP contribution in [-0.4, -0.2) is 17.8 Å². The van der Waals surface area contributed by atoms with E-state index in [0.717, 1.165) is 25.8 Å². The van der Waals surface area contributed by atoms with Crippen LogP contribution in [0.4, 0.5) is 0 Å². The van der Waals surface area contributed by atoms with Crippen LogP contribution in [0.1, 0.15) is 44.7 Å². The summed E-state index contributed by atoms with van der Waals surface area (Å²) in [5.41, 5.74) is 2.69. The fraction of sp³-hybridized carbons (Fsp3) is 0.625. The highest BCUT2D eigenvalue weighted by Gasteiger charge is 2.02. The zero-order valence-corrected chi connectivity index (χ0v) is 11.9. The van der Waals surface area contributed by atoms with Crippen LogP contribution in [0.15, 0.2) is 24.3 Å². The van der Waals surface area contributed by atoms with E-state index >= 15 is 0 Å². The average molecular weight is 249 g/mol. The second-order valence-electron chi connectivity index (χ2n) is 5.49. The molecular weight excluding hydrogens is 222 g/mol. The second kappa shape index (κ2) is 8.28. The normalized spacial score (nSPS) is 12.9. The molecule has 0 aliphatic rings. The molecule has 0 saturated carbocycles. The van der Waals surface area contributed by atoms with Crippen molar-refractivity contribution in [3.05, 3.63) is 35.4 Å². The van der Waals surface area contributed by atoms with E-state index in [-0.39, 0.29) is 6.10 Å². The second-order valence-corrected chi connectivity index (χ2v) is 5.49. The van der Waals surface area contributed by atoms with Crippen LogP contribution in [0.25, 0.3) is 0 Å². The summed E-state index contributed by atoms with van der Waals surface area (Å²) in [6, 6.07) is 8.77. The first-order chi connectivity index (χ1) is 8.61. The Morgan fingerprint density at radius 2 is 1.72 bits per heavy atom. The molecule has 102 valence electrons. The van der Waals surface area contributed by atoms with Gasteiger partial charge in [0.05, 0.1) is 6.10 Å². The van der Waals surface area contributed by atoms with Crippen LogP contribution in [-0.2, 0) is 13.0 Å². The van der Waals surface area contributed by atoms with E-state index in [4.69, 9.17) is 0 Å². The van der Waals surface area contributed by atoms with Crippen molar-refractivity contribution in [1.82, 2.24) is 5.32 Å². The third-order valence-electron chi connectivity index (χ3n) is 3.00. The highest BCUT2D eigenvalue weighted by atomic mass is 16.3. The highest BCUT2D eigenvalue weighted by Crippen LogP contribution is 2.09. The van der Waals surface area contributed by atoms with Gasteiger partial charge in [0, 0.05) is 13.1 Å². The molecule has 1 aromatic rings. The van der Waals surface area contributed by atoms with Crippen molar-refractivity contribution >= 4 is 0 Å². The first-order valence-electron chi connectivity index (χ1n) is 7.08. The minimum Gasteiger partial charge on any atom is -0.392 e. The Bertz CT molecular complexity index is 318. The fourth-order valence-corrected chi connectivity index (χ4v) is 2.08. The molecule has 0 aromatic heterocycles. The van der Waals surface area contributed by atoms with E-state index in [0.29, 0.717) is 12.5 Å². The summed E-state index contributed by atoms with van der Waals surface area (Å²) in [6.45, 7) is 8.09. The van der Waals surface area contributed by atoms with Gasteiger partial charge in [-0.25, -0.2) is 0 Å². The number of aliphatic hydroxyl groups is 1. The summed E-state index contributed by atoms with van der Waals surface area (Å²) in [5.74, 6) is 0.707. The van der Waals surface area contributed by atoms with E-state index < -0.39 is 0 Å². The molecule has 2 heteroatoms. The molecule has 0 aliphatic heterocycles. The minimum atomic E-state index is -0.213. The topological polar surface area (TPSA) is 32.3 Å². The minimum absolute atomic E-state index is 0.213. The van der Waals surface area contributed by atoms with Gasteiger partial charge < -0.3 is 10.4 Å². The van der Waals surface area contributed by atoms with E-state index in [1.165, 1.54) is 11.1 Å². The maximum absolute atomic E-state index is 9.61. The Morgan fingerprint density at radius 3 is 2.28 bits per heavy atom. The zero-order chi connectivity index (χ0) is 13.4. The number of benzene rings is 1. The first kappa shape index (κ1) is 15.2. The maximum atomic E-state index is 9.61. The Labute approximate surface area is 111 Å². The fourth-order valence-electron chi connectivity index (χ4n) is 2.08. The predicted molar refractivity (Wildman–Crippen MR) is 77.6 cm³/mol. The highest BCUT2D eigenvalue weighted by molar-refractivity contribution is 5.22. The monoisotopic (exact) mass is 249 g/mol. The molecule has 0 heterocycles. The number of rotatable bonds is 8. The van der Waals surface area contributed by atoms with Crippen LogP contribution in [0, 0.1) is 5.92 Å². The molecule has 1 rings (SSSR count). The van der Waals surface area contributed by atoms with Gasteiger partial charge in [0.25, 0.3) is 0 Å². The number of hydrogen-bond acceptors (Lipinski definition) is 2. The molecule has 0 saturated heterocycles. The first-order valence-corrected chi connectivity index (χ1v) is 7.08. The summed E-state index contributed by atoms with van der Waals surface area (Å²) >= 11 is 0. The molecule has 0 radical (unpaired) electrons. The molecule has 0 bridgehead atoms. The van der Waals surface area contributed by atoms with E-state index in [1.807, 2.05) is 0 Å². The molecule has 0 amide bonds. The lowest BCUT2D eigenvalue weighted by molar-refractivity contribution is 0.160. The maximum Gasteiger partial charge on any atom is 0.0664 e. The van der Waals surface area contributed by atoms with Crippen molar-refractivity contribution in [3.8, 4) is 0 Å². The standard InChI is InChI=1S/C16H27NO/c1-4-5-16(18)12-17-11-15-8-6-14(7-9-15)10-13(2)3/h6-9,13,16-18H,4-5,10-12H2,1-3H3. The van der Waals surface area contributed by atoms with E-state index in [9.17, 15) is 5.11 Å². The van der Waals surface area contributed by atoms with Crippen LogP contribution in [0.5, 0.6) is 0 Å². The molecule has 0 spiro atoms. The number of hydrogen-bond donors (Lipinski definition) is 2. The van der Waals surface area contributed by atoms with Crippen LogP contribution in [0.2, 0.25) is 0 Å². The Morgan fingerprint density at radius 1 is 1.11 bits per heavy atom. The smallest absolute Gasteiger partial charge is 0.0664 e. The lowest BCUT2D eigenvalue weighted by atomic mass is 10.0. The van der Waals surface area contributed by atoms with Gasteiger partial charge in [0.1, 0.15) is 0 Å². The van der Waals surface area contributed by atoms with Crippen molar-refractivity contribution < 1.29 is 5.11 Å². The molecule has 2 N–H and O–H groups in total. The van der Waals surface area contributed by atoms with Gasteiger partial charge in [-0.3, -0.25) is 0 Å². The molecule has 0 fully saturated rings. The molecular formula is C16H27NO. The summed E-state index contributed by atoms with van der Waals surface area (Å²) in [6.07, 6.45) is 2.84. The average Bonchev–Trinajstić information content (AvgIpc) is 2.31. The lowest BCUT2D eigenvalue weighted by Gasteiger charge is -2.11. The van der Waals surface area contributed by atoms with Gasteiger partial charge >= 0.3 is 0 Å². The van der Waals surface area contributed by atoms with E-state index in [2.05, 4.69) is 50.4 Å². The summed E-state index contributed by atoms with van der Waals surface area (Å²) < 4.78 is 0. The zero-order valence-electron chi connectivity index (χ0n) is 11.9. The van der Waals surface area contributed by atoms with Gasteiger partial charge in [-0.15, -0.1) is 0 Å². The SMILES string of the molecule is CCCC(O)CNCc1ccc(CC(C)C)cc1. The number of nitrogens with one attached hydrogen (secondary N) is 1. The van der Waals surface area contributed by atoms with Crippen molar-refractivity contribution in [2.45, 2.75) is 52.7 Å². The van der Waals surface area contributed by atoms with Crippen LogP contribution in [0.3, 0.4) is 0 Å². The summed E-state index contributed by atoms with van der Waals surface area (Å²) in [5, 5.41) is 12.9. The summed E-state index contributed by atoms with van der Waals surface area (Å²) in [7, 11) is 0. The number of aliphatic hydroxyl groups excluding tert-OH is 1. The Kier molecular flexibility index (Phi) is 6.99. The predicted octanol–water partition coefficient (Wildman–Crippen LogP) is 3.14. The molecule has 18 heavy (non-hydrogen) atoms. The van der Waals surface area contributed by atoms with Crippen molar-refractivity contribution in [2.75, 3.05) is 6.54 Å². The van der Waals surface area contributed by atoms with Crippen LogP contribution >= 0.6 is 0 Å². The Balaban J connectivity index is 2.30. The van der Waals surface area contributed by atoms with Crippen molar-refractivity contribution in [3.63, 3.8) is 0 Å². The van der Waals surface area contributed by atoms with Gasteiger partial charge in [0.2, 0.25) is 0 Å². The molecule has 0 aliphatic carbocycles. The molecule has 1 aromatic carbocycles. The van der Waals surface area contributed by atoms with Gasteiger partial charge in [-0.05, 0) is 29.9 Å². The third kappa shape index (κ3) is 6.18. The van der Waals surface area contributed by atoms with Crippen LogP contribution < -0.4 is 5.32 Å². The quantitative estimate of drug-likeness (QED) is 0.742. The van der Waals surface area contributed by atoms with E-state index in [1.54, 1.807) is 0 Å². The molecule has 1 unspecified atom stereocenters. The Hall–Kier alpha value is -0.860. The van der Waals surface area contributed by atoms with Gasteiger partial charge in [-0.1, -0.05) is 51.5 Å². The third-order valence-corrected chi connectivity index (χ3v) is 3.00. The summed E-state index contributed by atoms with van der Waals surface area (Å²) in [4.78, 5) is 0.